The normalized spacial score (nSPS) is 14.5. The Morgan fingerprint density at radius 3 is 3.23 bits per heavy atom. The van der Waals surface area contributed by atoms with Crippen molar-refractivity contribution in [1.82, 2.24) is 4.98 Å². The van der Waals surface area contributed by atoms with Crippen LogP contribution in [-0.2, 0) is 6.42 Å². The number of aromatic nitrogens is 1. The van der Waals surface area contributed by atoms with Gasteiger partial charge in [-0.3, -0.25) is 4.98 Å². The number of carboxylic acids is 1. The molecule has 0 amide bonds. The Morgan fingerprint density at radius 2 is 2.46 bits per heavy atom. The van der Waals surface area contributed by atoms with Gasteiger partial charge >= 0.3 is 5.97 Å². The van der Waals surface area contributed by atoms with E-state index in [0.29, 0.717) is 0 Å². The van der Waals surface area contributed by atoms with Crippen molar-refractivity contribution < 1.29 is 9.90 Å². The summed E-state index contributed by atoms with van der Waals surface area (Å²) < 4.78 is 0. The van der Waals surface area contributed by atoms with Crippen LogP contribution in [0.4, 0.5) is 5.69 Å². The van der Waals surface area contributed by atoms with Gasteiger partial charge in [0, 0.05) is 12.7 Å². The first kappa shape index (κ1) is 8.04. The summed E-state index contributed by atoms with van der Waals surface area (Å²) in [7, 11) is 0. The second-order valence-electron chi connectivity index (χ2n) is 3.05. The summed E-state index contributed by atoms with van der Waals surface area (Å²) in [5.41, 5.74) is 2.08. The average molecular weight is 178 g/mol. The second kappa shape index (κ2) is 3.05. The summed E-state index contributed by atoms with van der Waals surface area (Å²) in [6.45, 7) is 0.901. The van der Waals surface area contributed by atoms with E-state index in [0.717, 1.165) is 30.8 Å². The van der Waals surface area contributed by atoms with Crippen molar-refractivity contribution in [2.45, 2.75) is 12.8 Å². The first-order valence-corrected chi connectivity index (χ1v) is 4.23. The zero-order valence-corrected chi connectivity index (χ0v) is 7.08. The number of fused-ring (bicyclic) bond motifs is 1. The Balaban J connectivity index is 2.40. The zero-order valence-electron chi connectivity index (χ0n) is 7.08. The van der Waals surface area contributed by atoms with Crippen molar-refractivity contribution >= 4 is 11.7 Å². The van der Waals surface area contributed by atoms with E-state index < -0.39 is 5.97 Å². The molecule has 0 atom stereocenters. The number of hydrogen-bond acceptors (Lipinski definition) is 3. The van der Waals surface area contributed by atoms with Gasteiger partial charge in [-0.2, -0.15) is 0 Å². The standard InChI is InChI=1S/C9H10N2O2/c12-9(13)6-4-8-7(11-5-6)2-1-3-10-8/h4-5,10H,1-3H2,(H,12,13). The Hall–Kier alpha value is -1.58. The lowest BCUT2D eigenvalue weighted by atomic mass is 10.1. The van der Waals surface area contributed by atoms with Gasteiger partial charge in [-0.1, -0.05) is 0 Å². The van der Waals surface area contributed by atoms with E-state index in [1.165, 1.54) is 6.20 Å². The van der Waals surface area contributed by atoms with Crippen LogP contribution in [0.3, 0.4) is 0 Å². The highest BCUT2D eigenvalue weighted by Crippen LogP contribution is 2.20. The molecule has 68 valence electrons. The zero-order chi connectivity index (χ0) is 9.26. The minimum atomic E-state index is -0.928. The third-order valence-corrected chi connectivity index (χ3v) is 2.12. The quantitative estimate of drug-likeness (QED) is 0.676. The van der Waals surface area contributed by atoms with E-state index >= 15 is 0 Å². The topological polar surface area (TPSA) is 62.2 Å². The molecule has 0 spiro atoms. The Morgan fingerprint density at radius 1 is 1.62 bits per heavy atom. The molecule has 0 saturated heterocycles. The molecule has 0 aromatic carbocycles. The van der Waals surface area contributed by atoms with Crippen LogP contribution in [0.5, 0.6) is 0 Å². The first-order chi connectivity index (χ1) is 6.27. The second-order valence-corrected chi connectivity index (χ2v) is 3.05. The van der Waals surface area contributed by atoms with Crippen molar-refractivity contribution in [2.75, 3.05) is 11.9 Å². The van der Waals surface area contributed by atoms with Gasteiger partial charge in [-0.25, -0.2) is 4.79 Å². The van der Waals surface area contributed by atoms with Crippen molar-refractivity contribution in [3.63, 3.8) is 0 Å². The molecular weight excluding hydrogens is 168 g/mol. The molecule has 13 heavy (non-hydrogen) atoms. The maximum absolute atomic E-state index is 10.6. The van der Waals surface area contributed by atoms with Gasteiger partial charge < -0.3 is 10.4 Å². The van der Waals surface area contributed by atoms with Crippen molar-refractivity contribution in [1.29, 1.82) is 0 Å². The minimum absolute atomic E-state index is 0.244. The van der Waals surface area contributed by atoms with E-state index in [1.54, 1.807) is 6.07 Å². The van der Waals surface area contributed by atoms with Gasteiger partial charge in [0.25, 0.3) is 0 Å². The third-order valence-electron chi connectivity index (χ3n) is 2.12. The molecule has 4 heteroatoms. The Bertz CT molecular complexity index is 349. The summed E-state index contributed by atoms with van der Waals surface area (Å²) in [5, 5.41) is 11.9. The summed E-state index contributed by atoms with van der Waals surface area (Å²) in [5.74, 6) is -0.928. The fourth-order valence-corrected chi connectivity index (χ4v) is 1.44. The number of aryl methyl sites for hydroxylation is 1. The van der Waals surface area contributed by atoms with Gasteiger partial charge in [-0.05, 0) is 18.9 Å². The molecule has 1 aromatic heterocycles. The maximum atomic E-state index is 10.6. The van der Waals surface area contributed by atoms with Crippen LogP contribution in [0.1, 0.15) is 22.5 Å². The molecule has 0 unspecified atom stereocenters. The summed E-state index contributed by atoms with van der Waals surface area (Å²) in [6, 6.07) is 1.64. The summed E-state index contributed by atoms with van der Waals surface area (Å²) >= 11 is 0. The molecule has 1 aliphatic heterocycles. The number of anilines is 1. The number of nitrogens with one attached hydrogen (secondary N) is 1. The van der Waals surface area contributed by atoms with E-state index in [9.17, 15) is 4.79 Å². The molecule has 1 aliphatic rings. The van der Waals surface area contributed by atoms with Gasteiger partial charge in [0.15, 0.2) is 0 Å². The molecule has 0 fully saturated rings. The van der Waals surface area contributed by atoms with Crippen LogP contribution in [0, 0.1) is 0 Å². The van der Waals surface area contributed by atoms with Crippen molar-refractivity contribution in [2.24, 2.45) is 0 Å². The summed E-state index contributed by atoms with van der Waals surface area (Å²) in [4.78, 5) is 14.7. The lowest BCUT2D eigenvalue weighted by molar-refractivity contribution is 0.0696. The smallest absolute Gasteiger partial charge is 0.337 e. The monoisotopic (exact) mass is 178 g/mol. The van der Waals surface area contributed by atoms with Gasteiger partial charge in [0.05, 0.1) is 16.9 Å². The van der Waals surface area contributed by atoms with E-state index in [1.807, 2.05) is 0 Å². The number of hydrogen-bond donors (Lipinski definition) is 2. The summed E-state index contributed by atoms with van der Waals surface area (Å²) in [6.07, 6.45) is 3.41. The van der Waals surface area contributed by atoms with Gasteiger partial charge in [0.2, 0.25) is 0 Å². The van der Waals surface area contributed by atoms with Crippen LogP contribution in [-0.4, -0.2) is 22.6 Å². The molecule has 2 heterocycles. The maximum Gasteiger partial charge on any atom is 0.337 e. The van der Waals surface area contributed by atoms with E-state index in [-0.39, 0.29) is 5.56 Å². The fraction of sp³-hybridized carbons (Fsp3) is 0.333. The molecule has 0 bridgehead atoms. The number of carboxylic acid groups (broad SMARTS) is 1. The highest BCUT2D eigenvalue weighted by molar-refractivity contribution is 5.88. The molecule has 2 rings (SSSR count). The molecule has 1 aromatic rings. The van der Waals surface area contributed by atoms with Crippen molar-refractivity contribution in [3.8, 4) is 0 Å². The van der Waals surface area contributed by atoms with Gasteiger partial charge in [-0.15, -0.1) is 0 Å². The largest absolute Gasteiger partial charge is 0.478 e. The predicted octanol–water partition coefficient (Wildman–Crippen LogP) is 1.14. The molecule has 2 N–H and O–H groups in total. The highest BCUT2D eigenvalue weighted by atomic mass is 16.4. The van der Waals surface area contributed by atoms with Crippen LogP contribution in [0.15, 0.2) is 12.3 Å². The molecular formula is C9H10N2O2. The third kappa shape index (κ3) is 1.47. The van der Waals surface area contributed by atoms with Crippen LogP contribution in [0.2, 0.25) is 0 Å². The number of aromatic carboxylic acids is 1. The predicted molar refractivity (Wildman–Crippen MR) is 48.0 cm³/mol. The molecule has 4 nitrogen and oxygen atoms in total. The number of carbonyl (C=O) groups is 1. The van der Waals surface area contributed by atoms with Crippen LogP contribution < -0.4 is 5.32 Å². The van der Waals surface area contributed by atoms with E-state index in [2.05, 4.69) is 10.3 Å². The number of pyridine rings is 1. The lowest BCUT2D eigenvalue weighted by Crippen LogP contribution is -2.14. The number of rotatable bonds is 1. The minimum Gasteiger partial charge on any atom is -0.478 e. The Labute approximate surface area is 75.6 Å². The van der Waals surface area contributed by atoms with Crippen LogP contribution >= 0.6 is 0 Å². The van der Waals surface area contributed by atoms with Crippen molar-refractivity contribution in [3.05, 3.63) is 23.5 Å². The van der Waals surface area contributed by atoms with Gasteiger partial charge in [0.1, 0.15) is 0 Å². The Kier molecular flexibility index (Phi) is 1.88. The average Bonchev–Trinajstić information content (AvgIpc) is 2.17. The fourth-order valence-electron chi connectivity index (χ4n) is 1.44. The molecule has 0 aliphatic carbocycles. The van der Waals surface area contributed by atoms with Crippen LogP contribution in [0.25, 0.3) is 0 Å². The number of nitrogens with zero attached hydrogens (tertiary/aromatic N) is 1. The molecule has 0 saturated carbocycles. The first-order valence-electron chi connectivity index (χ1n) is 4.23. The SMILES string of the molecule is O=C(O)c1cnc2c(c1)NCCC2. The molecule has 0 radical (unpaired) electrons. The van der Waals surface area contributed by atoms with E-state index in [4.69, 9.17) is 5.11 Å². The highest BCUT2D eigenvalue weighted by Gasteiger charge is 2.12. The lowest BCUT2D eigenvalue weighted by Gasteiger charge is -2.16.